The first kappa shape index (κ1) is 17.9. The second-order valence-corrected chi connectivity index (χ2v) is 6.19. The highest BCUT2D eigenvalue weighted by atomic mass is 32.1. The Balaban J connectivity index is 2.26. The third-order valence-corrected chi connectivity index (χ3v) is 3.57. The minimum atomic E-state index is -0.501. The molecule has 0 aromatic heterocycles. The minimum Gasteiger partial charge on any atom is -0.493 e. The summed E-state index contributed by atoms with van der Waals surface area (Å²) in [7, 11) is 0. The summed E-state index contributed by atoms with van der Waals surface area (Å²) in [6.45, 7) is 8.56. The molecule has 0 aliphatic carbocycles. The zero-order valence-electron chi connectivity index (χ0n) is 13.7. The van der Waals surface area contributed by atoms with Crippen molar-refractivity contribution < 1.29 is 14.3 Å². The van der Waals surface area contributed by atoms with Crippen molar-refractivity contribution in [3.05, 3.63) is 48.1 Å². The van der Waals surface area contributed by atoms with E-state index in [1.807, 2.05) is 12.1 Å². The van der Waals surface area contributed by atoms with E-state index in [2.05, 4.69) is 25.7 Å². The van der Waals surface area contributed by atoms with Crippen LogP contribution in [0.1, 0.15) is 19.4 Å². The predicted molar refractivity (Wildman–Crippen MR) is 97.4 cm³/mol. The summed E-state index contributed by atoms with van der Waals surface area (Å²) in [6, 6.07) is 7.26. The molecule has 1 heterocycles. The van der Waals surface area contributed by atoms with E-state index in [0.717, 1.165) is 0 Å². The lowest BCUT2D eigenvalue weighted by atomic mass is 10.1. The van der Waals surface area contributed by atoms with Gasteiger partial charge >= 0.3 is 0 Å². The van der Waals surface area contributed by atoms with Gasteiger partial charge in [-0.15, -0.1) is 6.58 Å². The summed E-state index contributed by atoms with van der Waals surface area (Å²) in [5.41, 5.74) is 0.743. The fraction of sp³-hybridized carbons (Fsp3) is 0.278. The number of benzene rings is 1. The van der Waals surface area contributed by atoms with E-state index in [1.54, 1.807) is 18.2 Å². The number of rotatable bonds is 6. The number of hydrogen-bond acceptors (Lipinski definition) is 4. The molecule has 0 atom stereocenters. The Labute approximate surface area is 147 Å². The number of hydrogen-bond donors (Lipinski definition) is 1. The SMILES string of the molecule is C=CCN1C(=O)C(=Cc2cccc(OCC(C)C)c2)C(=O)NC1=S. The number of nitrogens with zero attached hydrogens (tertiary/aromatic N) is 1. The molecule has 5 nitrogen and oxygen atoms in total. The Morgan fingerprint density at radius 1 is 1.38 bits per heavy atom. The molecule has 1 aliphatic rings. The lowest BCUT2D eigenvalue weighted by Crippen LogP contribution is -2.53. The highest BCUT2D eigenvalue weighted by Gasteiger charge is 2.32. The molecule has 1 aromatic carbocycles. The monoisotopic (exact) mass is 344 g/mol. The summed E-state index contributed by atoms with van der Waals surface area (Å²) in [4.78, 5) is 25.9. The molecule has 0 bridgehead atoms. The van der Waals surface area contributed by atoms with Gasteiger partial charge in [0.2, 0.25) is 0 Å². The zero-order valence-corrected chi connectivity index (χ0v) is 14.6. The number of nitrogens with one attached hydrogen (secondary N) is 1. The number of ether oxygens (including phenoxy) is 1. The fourth-order valence-corrected chi connectivity index (χ4v) is 2.36. The number of thiocarbonyl (C=S) groups is 1. The molecule has 1 aliphatic heterocycles. The molecule has 0 saturated carbocycles. The Kier molecular flexibility index (Phi) is 5.87. The summed E-state index contributed by atoms with van der Waals surface area (Å²) in [6.07, 6.45) is 3.09. The standard InChI is InChI=1S/C18H20N2O3S/c1-4-8-20-17(22)15(16(21)19-18(20)24)10-13-6-5-7-14(9-13)23-11-12(2)3/h4-7,9-10,12H,1,8,11H2,2-3H3,(H,19,21,24). The largest absolute Gasteiger partial charge is 0.493 e. The molecular formula is C18H20N2O3S. The van der Waals surface area contributed by atoms with Crippen LogP contribution in [0.5, 0.6) is 5.75 Å². The van der Waals surface area contributed by atoms with Crippen molar-refractivity contribution in [1.29, 1.82) is 0 Å². The molecule has 1 fully saturated rings. The first-order chi connectivity index (χ1) is 11.4. The number of carbonyl (C=O) groups is 2. The van der Waals surface area contributed by atoms with Gasteiger partial charge < -0.3 is 4.74 Å². The van der Waals surface area contributed by atoms with Crippen LogP contribution in [0.25, 0.3) is 6.08 Å². The van der Waals surface area contributed by atoms with Gasteiger partial charge in [-0.05, 0) is 41.9 Å². The molecule has 0 spiro atoms. The van der Waals surface area contributed by atoms with Crippen LogP contribution in [-0.4, -0.2) is 35.0 Å². The molecule has 1 N–H and O–H groups in total. The van der Waals surface area contributed by atoms with E-state index in [9.17, 15) is 9.59 Å². The summed E-state index contributed by atoms with van der Waals surface area (Å²) in [5.74, 6) is 0.169. The molecule has 2 amide bonds. The number of amides is 2. The average Bonchev–Trinajstić information content (AvgIpc) is 2.54. The van der Waals surface area contributed by atoms with Gasteiger partial charge in [-0.1, -0.05) is 32.1 Å². The zero-order chi connectivity index (χ0) is 17.7. The van der Waals surface area contributed by atoms with Gasteiger partial charge in [-0.3, -0.25) is 19.8 Å². The van der Waals surface area contributed by atoms with Crippen molar-refractivity contribution in [2.75, 3.05) is 13.2 Å². The van der Waals surface area contributed by atoms with Crippen molar-refractivity contribution in [3.63, 3.8) is 0 Å². The molecule has 0 unspecified atom stereocenters. The summed E-state index contributed by atoms with van der Waals surface area (Å²) < 4.78 is 5.67. The topological polar surface area (TPSA) is 58.6 Å². The normalized spacial score (nSPS) is 16.5. The molecule has 1 saturated heterocycles. The van der Waals surface area contributed by atoms with E-state index in [0.29, 0.717) is 23.8 Å². The van der Waals surface area contributed by atoms with Gasteiger partial charge in [-0.2, -0.15) is 0 Å². The van der Waals surface area contributed by atoms with E-state index in [4.69, 9.17) is 17.0 Å². The minimum absolute atomic E-state index is 0.0338. The highest BCUT2D eigenvalue weighted by molar-refractivity contribution is 7.80. The summed E-state index contributed by atoms with van der Waals surface area (Å²) >= 11 is 5.02. The summed E-state index contributed by atoms with van der Waals surface area (Å²) in [5, 5.41) is 2.61. The Bertz CT molecular complexity index is 710. The van der Waals surface area contributed by atoms with E-state index >= 15 is 0 Å². The molecular weight excluding hydrogens is 324 g/mol. The predicted octanol–water partition coefficient (Wildman–Crippen LogP) is 2.53. The first-order valence-corrected chi connectivity index (χ1v) is 8.06. The quantitative estimate of drug-likeness (QED) is 0.373. The van der Waals surface area contributed by atoms with E-state index in [1.165, 1.54) is 11.0 Å². The van der Waals surface area contributed by atoms with Crippen LogP contribution in [0.4, 0.5) is 0 Å². The van der Waals surface area contributed by atoms with Gasteiger partial charge in [0.05, 0.1) is 6.61 Å². The molecule has 24 heavy (non-hydrogen) atoms. The van der Waals surface area contributed by atoms with Crippen LogP contribution in [0.3, 0.4) is 0 Å². The highest BCUT2D eigenvalue weighted by Crippen LogP contribution is 2.19. The molecule has 2 rings (SSSR count). The maximum Gasteiger partial charge on any atom is 0.265 e. The molecule has 0 radical (unpaired) electrons. The van der Waals surface area contributed by atoms with Crippen molar-refractivity contribution in [2.24, 2.45) is 5.92 Å². The van der Waals surface area contributed by atoms with Crippen LogP contribution in [-0.2, 0) is 9.59 Å². The van der Waals surface area contributed by atoms with Crippen LogP contribution in [0, 0.1) is 5.92 Å². The Morgan fingerprint density at radius 2 is 2.12 bits per heavy atom. The third kappa shape index (κ3) is 4.29. The third-order valence-electron chi connectivity index (χ3n) is 3.25. The lowest BCUT2D eigenvalue weighted by Gasteiger charge is -2.27. The fourth-order valence-electron chi connectivity index (χ4n) is 2.11. The molecule has 1 aromatic rings. The Morgan fingerprint density at radius 3 is 2.79 bits per heavy atom. The van der Waals surface area contributed by atoms with Crippen molar-refractivity contribution in [3.8, 4) is 5.75 Å². The lowest BCUT2D eigenvalue weighted by molar-refractivity contribution is -0.128. The maximum absolute atomic E-state index is 12.5. The second-order valence-electron chi connectivity index (χ2n) is 5.80. The van der Waals surface area contributed by atoms with Gasteiger partial charge in [0, 0.05) is 6.54 Å². The van der Waals surface area contributed by atoms with E-state index < -0.39 is 11.8 Å². The molecule has 6 heteroatoms. The van der Waals surface area contributed by atoms with Crippen molar-refractivity contribution >= 4 is 35.2 Å². The molecule has 126 valence electrons. The smallest absolute Gasteiger partial charge is 0.265 e. The van der Waals surface area contributed by atoms with Crippen LogP contribution >= 0.6 is 12.2 Å². The van der Waals surface area contributed by atoms with Gasteiger partial charge in [0.15, 0.2) is 5.11 Å². The van der Waals surface area contributed by atoms with Gasteiger partial charge in [0.1, 0.15) is 11.3 Å². The first-order valence-electron chi connectivity index (χ1n) is 7.65. The second kappa shape index (κ2) is 7.88. The maximum atomic E-state index is 12.5. The van der Waals surface area contributed by atoms with Gasteiger partial charge in [0.25, 0.3) is 11.8 Å². The van der Waals surface area contributed by atoms with Gasteiger partial charge in [-0.25, -0.2) is 0 Å². The number of carbonyl (C=O) groups excluding carboxylic acids is 2. The average molecular weight is 344 g/mol. The van der Waals surface area contributed by atoms with Crippen LogP contribution in [0.15, 0.2) is 42.5 Å². The van der Waals surface area contributed by atoms with Crippen LogP contribution in [0.2, 0.25) is 0 Å². The van der Waals surface area contributed by atoms with Crippen LogP contribution < -0.4 is 10.1 Å². The van der Waals surface area contributed by atoms with Crippen molar-refractivity contribution in [2.45, 2.75) is 13.8 Å². The van der Waals surface area contributed by atoms with Crippen molar-refractivity contribution in [1.82, 2.24) is 10.2 Å². The Hall–Kier alpha value is -2.47. The van der Waals surface area contributed by atoms with E-state index in [-0.39, 0.29) is 17.2 Å².